The lowest BCUT2D eigenvalue weighted by Crippen LogP contribution is -2.09. The number of halogens is 2. The molecule has 0 bridgehead atoms. The minimum absolute atomic E-state index is 0.191. The molecule has 2 aromatic rings. The number of anilines is 1. The second kappa shape index (κ2) is 13.6. The molecule has 0 radical (unpaired) electrons. The van der Waals surface area contributed by atoms with E-state index in [4.69, 9.17) is 0 Å². The van der Waals surface area contributed by atoms with Gasteiger partial charge in [-0.2, -0.15) is 0 Å². The molecule has 1 fully saturated rings. The van der Waals surface area contributed by atoms with Crippen LogP contribution in [0.25, 0.3) is 11.1 Å². The molecule has 0 aliphatic heterocycles. The zero-order valence-electron chi connectivity index (χ0n) is 23.5. The fourth-order valence-corrected chi connectivity index (χ4v) is 4.83. The van der Waals surface area contributed by atoms with Crippen LogP contribution in [0.5, 0.6) is 0 Å². The Kier molecular flexibility index (Phi) is 10.5. The molecule has 0 aromatic heterocycles. The number of hydrogen-bond donors (Lipinski definition) is 1. The first kappa shape index (κ1) is 29.4. The first-order valence-corrected chi connectivity index (χ1v) is 13.8. The smallest absolute Gasteiger partial charge is 0.134 e. The molecule has 0 saturated heterocycles. The van der Waals surface area contributed by atoms with Crippen LogP contribution in [0.2, 0.25) is 0 Å². The molecule has 202 valence electrons. The van der Waals surface area contributed by atoms with Crippen molar-refractivity contribution < 1.29 is 8.78 Å². The highest BCUT2D eigenvalue weighted by atomic mass is 19.1. The average molecular weight is 516 g/mol. The maximum atomic E-state index is 15.5. The molecule has 2 atom stereocenters. The van der Waals surface area contributed by atoms with E-state index in [9.17, 15) is 4.39 Å². The molecule has 2 aromatic carbocycles. The molecule has 2 unspecified atom stereocenters. The van der Waals surface area contributed by atoms with Gasteiger partial charge < -0.3 is 5.32 Å². The molecule has 1 N–H and O–H groups in total. The summed E-state index contributed by atoms with van der Waals surface area (Å²) in [5, 5.41) is 3.35. The summed E-state index contributed by atoms with van der Waals surface area (Å²) in [4.78, 5) is 0. The maximum absolute atomic E-state index is 15.5. The van der Waals surface area contributed by atoms with Crippen LogP contribution in [0.15, 0.2) is 85.6 Å². The number of alkyl halides is 1. The van der Waals surface area contributed by atoms with Crippen molar-refractivity contribution in [3.05, 3.63) is 114 Å². The first-order valence-electron chi connectivity index (χ1n) is 13.8. The number of benzene rings is 2. The van der Waals surface area contributed by atoms with Crippen LogP contribution in [-0.2, 0) is 6.42 Å². The third kappa shape index (κ3) is 7.90. The first-order chi connectivity index (χ1) is 18.1. The third-order valence-corrected chi connectivity index (χ3v) is 7.69. The van der Waals surface area contributed by atoms with Crippen molar-refractivity contribution >= 4 is 16.8 Å². The van der Waals surface area contributed by atoms with Crippen molar-refractivity contribution in [2.75, 3.05) is 12.0 Å². The highest BCUT2D eigenvalue weighted by molar-refractivity contribution is 5.78. The number of rotatable bonds is 14. The lowest BCUT2D eigenvalue weighted by molar-refractivity contribution is 0.407. The Balaban J connectivity index is 1.79. The summed E-state index contributed by atoms with van der Waals surface area (Å²) in [6, 6.07) is 11.8. The van der Waals surface area contributed by atoms with Gasteiger partial charge in [0, 0.05) is 29.8 Å². The number of hydrogen-bond acceptors (Lipinski definition) is 1. The largest absolute Gasteiger partial charge is 0.359 e. The Labute approximate surface area is 228 Å². The van der Waals surface area contributed by atoms with Crippen molar-refractivity contribution in [1.29, 1.82) is 0 Å². The van der Waals surface area contributed by atoms with Gasteiger partial charge in [0.25, 0.3) is 0 Å². The quantitative estimate of drug-likeness (QED) is 0.247. The van der Waals surface area contributed by atoms with E-state index < -0.39 is 6.67 Å². The zero-order valence-corrected chi connectivity index (χ0v) is 23.5. The zero-order chi connectivity index (χ0) is 27.8. The summed E-state index contributed by atoms with van der Waals surface area (Å²) in [6.45, 7) is 20.3. The molecule has 0 amide bonds. The second-order valence-corrected chi connectivity index (χ2v) is 10.8. The summed E-state index contributed by atoms with van der Waals surface area (Å²) in [5.74, 6) is 1.25. The molecule has 1 aliphatic carbocycles. The summed E-state index contributed by atoms with van der Waals surface area (Å²) < 4.78 is 28.9. The van der Waals surface area contributed by atoms with Crippen LogP contribution in [-0.4, -0.2) is 6.67 Å². The Hall–Kier alpha value is -3.20. The van der Waals surface area contributed by atoms with E-state index in [0.29, 0.717) is 29.0 Å². The van der Waals surface area contributed by atoms with E-state index >= 15 is 4.39 Å². The summed E-state index contributed by atoms with van der Waals surface area (Å²) in [5.41, 5.74) is 7.44. The van der Waals surface area contributed by atoms with E-state index in [-0.39, 0.29) is 18.2 Å². The molecule has 38 heavy (non-hydrogen) atoms. The second-order valence-electron chi connectivity index (χ2n) is 10.8. The van der Waals surface area contributed by atoms with Crippen molar-refractivity contribution in [2.45, 2.75) is 59.8 Å². The average Bonchev–Trinajstić information content (AvgIpc) is 3.74. The Bertz CT molecular complexity index is 1210. The molecule has 0 spiro atoms. The van der Waals surface area contributed by atoms with Gasteiger partial charge >= 0.3 is 0 Å². The lowest BCUT2D eigenvalue weighted by atomic mass is 9.86. The van der Waals surface area contributed by atoms with Gasteiger partial charge in [-0.15, -0.1) is 0 Å². The van der Waals surface area contributed by atoms with Gasteiger partial charge in [-0.05, 0) is 89.5 Å². The summed E-state index contributed by atoms with van der Waals surface area (Å²) >= 11 is 0. The summed E-state index contributed by atoms with van der Waals surface area (Å²) in [6.07, 6.45) is 10.2. The minimum atomic E-state index is -0.522. The number of aryl methyl sites for hydroxylation is 2. The fraction of sp³-hybridized carbons (Fsp3) is 0.371. The fourth-order valence-electron chi connectivity index (χ4n) is 4.83. The molecular formula is C35H43F2N. The number of allylic oxidation sites excluding steroid dienone is 6. The van der Waals surface area contributed by atoms with E-state index in [2.05, 4.69) is 64.0 Å². The maximum Gasteiger partial charge on any atom is 0.134 e. The van der Waals surface area contributed by atoms with Gasteiger partial charge in [0.15, 0.2) is 0 Å². The number of nitrogens with one attached hydrogen (secondary N) is 1. The normalized spacial score (nSPS) is 15.4. The van der Waals surface area contributed by atoms with Crippen LogP contribution < -0.4 is 5.32 Å². The molecule has 1 nitrogen and oxygen atoms in total. The molecule has 1 saturated carbocycles. The van der Waals surface area contributed by atoms with Crippen LogP contribution >= 0.6 is 0 Å². The van der Waals surface area contributed by atoms with Gasteiger partial charge in [0.2, 0.25) is 0 Å². The van der Waals surface area contributed by atoms with Crippen LogP contribution in [0, 0.1) is 30.5 Å². The summed E-state index contributed by atoms with van der Waals surface area (Å²) in [7, 11) is 0. The van der Waals surface area contributed by atoms with Crippen molar-refractivity contribution in [1.82, 2.24) is 0 Å². The van der Waals surface area contributed by atoms with Crippen molar-refractivity contribution in [2.24, 2.45) is 17.8 Å². The predicted octanol–water partition coefficient (Wildman–Crippen LogP) is 10.3. The van der Waals surface area contributed by atoms with Gasteiger partial charge in [-0.3, -0.25) is 4.39 Å². The van der Waals surface area contributed by atoms with Crippen LogP contribution in [0.1, 0.15) is 68.7 Å². The van der Waals surface area contributed by atoms with Crippen molar-refractivity contribution in [3.8, 4) is 0 Å². The van der Waals surface area contributed by atoms with Gasteiger partial charge in [0.05, 0.1) is 6.67 Å². The molecule has 0 heterocycles. The lowest BCUT2D eigenvalue weighted by Gasteiger charge is -2.19. The third-order valence-electron chi connectivity index (χ3n) is 7.69. The molecule has 3 heteroatoms. The van der Waals surface area contributed by atoms with Gasteiger partial charge in [-0.25, -0.2) is 4.39 Å². The van der Waals surface area contributed by atoms with E-state index in [0.717, 1.165) is 46.0 Å². The van der Waals surface area contributed by atoms with Crippen molar-refractivity contribution in [3.63, 3.8) is 0 Å². The Morgan fingerprint density at radius 3 is 2.34 bits per heavy atom. The minimum Gasteiger partial charge on any atom is -0.359 e. The molecule has 1 aliphatic rings. The SMILES string of the molecule is C=C(/C=C\C(=C/C(C)C(C)C1CC1)c1c(CCF)ccc(C)c1F)CC(=C)Nc1ccc(C(=C)CC)cc1. The van der Waals surface area contributed by atoms with E-state index in [1.165, 1.54) is 12.8 Å². The molecular weight excluding hydrogens is 472 g/mol. The molecule has 3 rings (SSSR count). The standard InChI is InChI=1S/C35H43F2N/c1-8-24(3)29-15-17-33(18-16-29)38-27(6)21-23(2)9-11-32(22-26(5)28(7)30-13-14-30)34-31(19-20-36)12-10-25(4)35(34)37/h9-12,15-18,22,26,28,30,38H,2-3,6,8,13-14,19-21H2,1,4-5,7H3/b11-9-,32-22+. The highest BCUT2D eigenvalue weighted by Crippen LogP contribution is 2.41. The highest BCUT2D eigenvalue weighted by Gasteiger charge is 2.30. The van der Waals surface area contributed by atoms with Crippen LogP contribution in [0.3, 0.4) is 0 Å². The Morgan fingerprint density at radius 2 is 1.74 bits per heavy atom. The Morgan fingerprint density at radius 1 is 1.05 bits per heavy atom. The monoisotopic (exact) mass is 515 g/mol. The van der Waals surface area contributed by atoms with Gasteiger partial charge in [-0.1, -0.05) is 83.0 Å². The van der Waals surface area contributed by atoms with Crippen LogP contribution in [0.4, 0.5) is 14.5 Å². The van der Waals surface area contributed by atoms with Gasteiger partial charge in [0.1, 0.15) is 5.82 Å². The predicted molar refractivity (Wildman–Crippen MR) is 161 cm³/mol. The topological polar surface area (TPSA) is 12.0 Å². The van der Waals surface area contributed by atoms with E-state index in [1.807, 2.05) is 30.4 Å². The van der Waals surface area contributed by atoms with E-state index in [1.54, 1.807) is 13.0 Å².